The van der Waals surface area contributed by atoms with E-state index in [1.54, 1.807) is 0 Å². The third-order valence-corrected chi connectivity index (χ3v) is 3.03. The van der Waals surface area contributed by atoms with Crippen LogP contribution in [0.5, 0.6) is 0 Å². The fraction of sp³-hybridized carbons (Fsp3) is 1.00. The maximum Gasteiger partial charge on any atom is 0.529 e. The molecule has 11 heavy (non-hydrogen) atoms. The minimum Gasteiger partial charge on any atom is -0.262 e. The van der Waals surface area contributed by atoms with E-state index in [1.165, 1.54) is 0 Å². The first-order chi connectivity index (χ1) is 4.83. The molecular formula is C7H15NO2P+. The Hall–Kier alpha value is 0.0200. The van der Waals surface area contributed by atoms with Crippen LogP contribution in [0.4, 0.5) is 0 Å². The van der Waals surface area contributed by atoms with Crippen molar-refractivity contribution in [3.05, 3.63) is 0 Å². The molecular weight excluding hydrogens is 161 g/mol. The maximum atomic E-state index is 11.3. The maximum absolute atomic E-state index is 11.3. The highest BCUT2D eigenvalue weighted by Crippen LogP contribution is 2.42. The van der Waals surface area contributed by atoms with E-state index < -0.39 is 13.3 Å². The largest absolute Gasteiger partial charge is 0.529 e. The van der Waals surface area contributed by atoms with Gasteiger partial charge in [0.2, 0.25) is 5.28 Å². The van der Waals surface area contributed by atoms with Crippen LogP contribution >= 0.6 is 8.03 Å². The van der Waals surface area contributed by atoms with Crippen molar-refractivity contribution >= 4 is 8.03 Å². The zero-order chi connectivity index (χ0) is 8.70. The van der Waals surface area contributed by atoms with Gasteiger partial charge in [0.25, 0.3) is 0 Å². The normalized spacial score (nSPS) is 31.8. The van der Waals surface area contributed by atoms with Crippen LogP contribution in [-0.2, 0) is 9.09 Å². The second kappa shape index (κ2) is 2.51. The second-order valence-electron chi connectivity index (χ2n) is 4.10. The first-order valence-corrected chi connectivity index (χ1v) is 4.91. The molecule has 0 aromatic carbocycles. The minimum atomic E-state index is -1.55. The van der Waals surface area contributed by atoms with Gasteiger partial charge in [0.15, 0.2) is 0 Å². The summed E-state index contributed by atoms with van der Waals surface area (Å²) in [6, 6.07) is 0. The first-order valence-electron chi connectivity index (χ1n) is 3.73. The van der Waals surface area contributed by atoms with Crippen molar-refractivity contribution in [1.82, 2.24) is 5.32 Å². The van der Waals surface area contributed by atoms with Gasteiger partial charge in [-0.3, -0.25) is 5.32 Å². The highest BCUT2D eigenvalue weighted by Gasteiger charge is 2.50. The van der Waals surface area contributed by atoms with E-state index in [1.807, 2.05) is 27.7 Å². The fourth-order valence-corrected chi connectivity index (χ4v) is 2.45. The Bertz CT molecular complexity index is 189. The van der Waals surface area contributed by atoms with E-state index in [2.05, 4.69) is 5.32 Å². The van der Waals surface area contributed by atoms with Crippen molar-refractivity contribution in [1.29, 1.82) is 0 Å². The standard InChI is InChI=1S/C7H15NO2P/c1-6(2)5-10-11(9)7(3,4)8-6/h8H,5H2,1-4H3/q+1. The molecule has 4 heteroatoms. The fourth-order valence-electron chi connectivity index (χ4n) is 1.29. The molecule has 0 saturated carbocycles. The zero-order valence-electron chi connectivity index (χ0n) is 7.47. The highest BCUT2D eigenvalue weighted by atomic mass is 31.1. The predicted octanol–water partition coefficient (Wildman–Crippen LogP) is 1.86. The van der Waals surface area contributed by atoms with Crippen LogP contribution in [0.3, 0.4) is 0 Å². The Morgan fingerprint density at radius 1 is 1.36 bits per heavy atom. The van der Waals surface area contributed by atoms with Gasteiger partial charge in [-0.15, -0.1) is 4.52 Å². The average molecular weight is 176 g/mol. The molecule has 0 aliphatic carbocycles. The molecule has 0 aromatic rings. The van der Waals surface area contributed by atoms with Crippen LogP contribution in [0.25, 0.3) is 0 Å². The lowest BCUT2D eigenvalue weighted by Gasteiger charge is -2.32. The summed E-state index contributed by atoms with van der Waals surface area (Å²) in [6.07, 6.45) is 0. The molecule has 0 spiro atoms. The van der Waals surface area contributed by atoms with E-state index in [0.717, 1.165) is 0 Å². The summed E-state index contributed by atoms with van der Waals surface area (Å²) in [6.45, 7) is 8.39. The number of hydrogen-bond donors (Lipinski definition) is 1. The van der Waals surface area contributed by atoms with Gasteiger partial charge in [-0.1, -0.05) is 0 Å². The lowest BCUT2D eigenvalue weighted by Crippen LogP contribution is -2.56. The van der Waals surface area contributed by atoms with E-state index in [4.69, 9.17) is 4.52 Å². The summed E-state index contributed by atoms with van der Waals surface area (Å²) < 4.78 is 16.4. The van der Waals surface area contributed by atoms with Gasteiger partial charge in [0.05, 0.1) is 0 Å². The van der Waals surface area contributed by atoms with E-state index in [0.29, 0.717) is 6.61 Å². The molecule has 0 amide bonds. The van der Waals surface area contributed by atoms with Gasteiger partial charge in [0, 0.05) is 19.4 Å². The van der Waals surface area contributed by atoms with Gasteiger partial charge in [-0.2, -0.15) is 0 Å². The molecule has 0 aromatic heterocycles. The molecule has 0 bridgehead atoms. The summed E-state index contributed by atoms with van der Waals surface area (Å²) in [7, 11) is -1.55. The summed E-state index contributed by atoms with van der Waals surface area (Å²) >= 11 is 0. The molecule has 1 heterocycles. The molecule has 1 fully saturated rings. The SMILES string of the molecule is CC1(C)CO[P+](=O)C(C)(C)N1. The number of hydrogen-bond acceptors (Lipinski definition) is 3. The molecule has 1 unspecified atom stereocenters. The van der Waals surface area contributed by atoms with Crippen molar-refractivity contribution in [3.8, 4) is 0 Å². The van der Waals surface area contributed by atoms with Gasteiger partial charge in [-0.25, -0.2) is 0 Å². The van der Waals surface area contributed by atoms with Crippen LogP contribution in [-0.4, -0.2) is 17.4 Å². The molecule has 3 nitrogen and oxygen atoms in total. The van der Waals surface area contributed by atoms with Crippen molar-refractivity contribution in [2.75, 3.05) is 6.61 Å². The Balaban J connectivity index is 2.75. The molecule has 1 atom stereocenters. The molecule has 1 aliphatic heterocycles. The summed E-state index contributed by atoms with van der Waals surface area (Å²) in [5.41, 5.74) is -0.0628. The third-order valence-electron chi connectivity index (χ3n) is 1.64. The summed E-state index contributed by atoms with van der Waals surface area (Å²) in [5.74, 6) is 0. The topological polar surface area (TPSA) is 38.3 Å². The number of nitrogens with one attached hydrogen (secondary N) is 1. The first kappa shape index (κ1) is 9.11. The highest BCUT2D eigenvalue weighted by molar-refractivity contribution is 7.41. The van der Waals surface area contributed by atoms with Crippen LogP contribution in [0, 0.1) is 0 Å². The third kappa shape index (κ3) is 1.98. The predicted molar refractivity (Wildman–Crippen MR) is 44.9 cm³/mol. The van der Waals surface area contributed by atoms with E-state index >= 15 is 0 Å². The van der Waals surface area contributed by atoms with Crippen LogP contribution in [0.15, 0.2) is 0 Å². The Morgan fingerprint density at radius 3 is 2.27 bits per heavy atom. The van der Waals surface area contributed by atoms with Crippen molar-refractivity contribution in [2.24, 2.45) is 0 Å². The Kier molecular flexibility index (Phi) is 2.08. The molecule has 1 N–H and O–H groups in total. The lowest BCUT2D eigenvalue weighted by molar-refractivity contribution is 0.153. The summed E-state index contributed by atoms with van der Waals surface area (Å²) in [4.78, 5) is 0. The molecule has 1 saturated heterocycles. The van der Waals surface area contributed by atoms with Crippen molar-refractivity contribution in [3.63, 3.8) is 0 Å². The Labute approximate surface area is 68.4 Å². The number of rotatable bonds is 0. The van der Waals surface area contributed by atoms with Gasteiger partial charge in [-0.05, 0) is 18.4 Å². The van der Waals surface area contributed by atoms with Gasteiger partial charge < -0.3 is 0 Å². The smallest absolute Gasteiger partial charge is 0.262 e. The summed E-state index contributed by atoms with van der Waals surface area (Å²) in [5, 5.41) is 2.88. The monoisotopic (exact) mass is 176 g/mol. The van der Waals surface area contributed by atoms with Crippen LogP contribution < -0.4 is 5.32 Å². The van der Waals surface area contributed by atoms with Crippen molar-refractivity contribution < 1.29 is 9.09 Å². The minimum absolute atomic E-state index is 0.0628. The quantitative estimate of drug-likeness (QED) is 0.572. The molecule has 1 rings (SSSR count). The van der Waals surface area contributed by atoms with Gasteiger partial charge >= 0.3 is 8.03 Å². The van der Waals surface area contributed by atoms with E-state index in [-0.39, 0.29) is 5.54 Å². The van der Waals surface area contributed by atoms with Gasteiger partial charge in [0.1, 0.15) is 6.61 Å². The Morgan fingerprint density at radius 2 is 1.91 bits per heavy atom. The van der Waals surface area contributed by atoms with Crippen LogP contribution in [0.1, 0.15) is 27.7 Å². The van der Waals surface area contributed by atoms with Crippen LogP contribution in [0.2, 0.25) is 0 Å². The lowest BCUT2D eigenvalue weighted by atomic mass is 10.1. The molecule has 1 aliphatic rings. The average Bonchev–Trinajstić information content (AvgIpc) is 1.77. The van der Waals surface area contributed by atoms with E-state index in [9.17, 15) is 4.57 Å². The van der Waals surface area contributed by atoms with Crippen molar-refractivity contribution in [2.45, 2.75) is 38.5 Å². The molecule has 0 radical (unpaired) electrons. The second-order valence-corrected chi connectivity index (χ2v) is 5.99. The zero-order valence-corrected chi connectivity index (χ0v) is 8.37. The molecule has 64 valence electrons.